The quantitative estimate of drug-likeness (QED) is 0.609. The average Bonchev–Trinajstić information content (AvgIpc) is 2.78. The summed E-state index contributed by atoms with van der Waals surface area (Å²) < 4.78 is 13.4. The molecule has 1 fully saturated rings. The minimum absolute atomic E-state index is 0.0102. The molecular formula is C24H27N5O3. The normalized spacial score (nSPS) is 18.6. The minimum atomic E-state index is -0.0991. The highest BCUT2D eigenvalue weighted by atomic mass is 16.5. The van der Waals surface area contributed by atoms with E-state index in [2.05, 4.69) is 27.9 Å². The van der Waals surface area contributed by atoms with E-state index in [1.165, 1.54) is 0 Å². The molecule has 4 heterocycles. The molecule has 0 amide bonds. The van der Waals surface area contributed by atoms with Gasteiger partial charge in [-0.2, -0.15) is 5.26 Å². The molecule has 0 N–H and O–H groups in total. The van der Waals surface area contributed by atoms with Gasteiger partial charge in [0.05, 0.1) is 23.5 Å². The Morgan fingerprint density at radius 1 is 1.25 bits per heavy atom. The first-order valence-corrected chi connectivity index (χ1v) is 10.8. The fourth-order valence-corrected chi connectivity index (χ4v) is 4.07. The summed E-state index contributed by atoms with van der Waals surface area (Å²) in [6, 6.07) is 10.8. The molecule has 8 heteroatoms. The van der Waals surface area contributed by atoms with Gasteiger partial charge in [0.25, 0.3) is 5.56 Å². The van der Waals surface area contributed by atoms with Gasteiger partial charge in [0.2, 0.25) is 5.88 Å². The van der Waals surface area contributed by atoms with Crippen molar-refractivity contribution < 1.29 is 9.47 Å². The van der Waals surface area contributed by atoms with Crippen molar-refractivity contribution in [2.24, 2.45) is 13.0 Å². The number of anilines is 1. The van der Waals surface area contributed by atoms with Crippen molar-refractivity contribution in [1.29, 1.82) is 5.26 Å². The third-order valence-corrected chi connectivity index (χ3v) is 5.70. The van der Waals surface area contributed by atoms with Crippen molar-refractivity contribution in [2.75, 3.05) is 18.0 Å². The molecule has 0 radical (unpaired) electrons. The number of nitriles is 1. The Bertz CT molecular complexity index is 1210. The smallest absolute Gasteiger partial charge is 0.252 e. The Balaban J connectivity index is 1.52. The van der Waals surface area contributed by atoms with Crippen molar-refractivity contribution in [3.8, 4) is 17.7 Å². The largest absolute Gasteiger partial charge is 0.489 e. The molecule has 166 valence electrons. The molecule has 4 rings (SSSR count). The molecule has 2 atom stereocenters. The highest BCUT2D eigenvalue weighted by Crippen LogP contribution is 2.30. The van der Waals surface area contributed by atoms with E-state index in [0.717, 1.165) is 17.9 Å². The number of aryl methyl sites for hydroxylation is 1. The van der Waals surface area contributed by atoms with Gasteiger partial charge in [-0.25, -0.2) is 9.97 Å². The number of piperidine rings is 1. The zero-order chi connectivity index (χ0) is 22.8. The van der Waals surface area contributed by atoms with Crippen LogP contribution in [-0.4, -0.2) is 39.8 Å². The molecule has 8 nitrogen and oxygen atoms in total. The number of nitrogens with zero attached hydrogens (tertiary/aromatic N) is 5. The van der Waals surface area contributed by atoms with E-state index in [1.54, 1.807) is 36.0 Å². The first-order valence-electron chi connectivity index (χ1n) is 10.8. The van der Waals surface area contributed by atoms with Gasteiger partial charge in [-0.1, -0.05) is 6.92 Å². The van der Waals surface area contributed by atoms with Gasteiger partial charge < -0.3 is 18.9 Å². The van der Waals surface area contributed by atoms with Gasteiger partial charge in [0.15, 0.2) is 0 Å². The molecule has 1 aliphatic rings. The predicted molar refractivity (Wildman–Crippen MR) is 122 cm³/mol. The van der Waals surface area contributed by atoms with E-state index in [4.69, 9.17) is 9.47 Å². The van der Waals surface area contributed by atoms with Crippen molar-refractivity contribution in [3.05, 3.63) is 52.6 Å². The summed E-state index contributed by atoms with van der Waals surface area (Å²) in [5, 5.41) is 9.27. The Kier molecular flexibility index (Phi) is 5.99. The maximum Gasteiger partial charge on any atom is 0.252 e. The number of aromatic nitrogens is 3. The molecule has 1 saturated heterocycles. The van der Waals surface area contributed by atoms with Gasteiger partial charge in [-0.3, -0.25) is 4.79 Å². The van der Waals surface area contributed by atoms with Gasteiger partial charge in [-0.15, -0.1) is 0 Å². The van der Waals surface area contributed by atoms with Crippen molar-refractivity contribution >= 4 is 16.7 Å². The molecule has 0 bridgehead atoms. The summed E-state index contributed by atoms with van der Waals surface area (Å²) in [5.74, 6) is 1.50. The minimum Gasteiger partial charge on any atom is -0.489 e. The molecule has 0 unspecified atom stereocenters. The van der Waals surface area contributed by atoms with Crippen molar-refractivity contribution in [2.45, 2.75) is 39.4 Å². The first-order chi connectivity index (χ1) is 15.4. The topological polar surface area (TPSA) is 93.3 Å². The van der Waals surface area contributed by atoms with E-state index < -0.39 is 0 Å². The van der Waals surface area contributed by atoms with Crippen molar-refractivity contribution in [1.82, 2.24) is 14.5 Å². The standard InChI is InChI=1S/C24H27N5O3/c1-15(2)31-18-6-8-22(26-13-18)32-21-9-10-29(14-16(21)3)20-11-23(30)28(4)19-7-5-17(12-25)27-24(19)20/h5-8,11,13,15-16,21H,9-10,14H2,1-4H3/t16-,21+/m0/s1. The number of ether oxygens (including phenoxy) is 2. The highest BCUT2D eigenvalue weighted by Gasteiger charge is 2.29. The summed E-state index contributed by atoms with van der Waals surface area (Å²) in [6.07, 6.45) is 2.56. The second-order valence-corrected chi connectivity index (χ2v) is 8.47. The first kappa shape index (κ1) is 21.6. The Morgan fingerprint density at radius 2 is 2.06 bits per heavy atom. The highest BCUT2D eigenvalue weighted by molar-refractivity contribution is 5.88. The Hall–Kier alpha value is -3.60. The number of pyridine rings is 3. The molecule has 1 aliphatic heterocycles. The third-order valence-electron chi connectivity index (χ3n) is 5.70. The van der Waals surface area contributed by atoms with Crippen LogP contribution in [0.2, 0.25) is 0 Å². The van der Waals surface area contributed by atoms with Crippen LogP contribution in [-0.2, 0) is 7.05 Å². The second-order valence-electron chi connectivity index (χ2n) is 8.47. The fourth-order valence-electron chi connectivity index (χ4n) is 4.07. The molecule has 0 aliphatic carbocycles. The molecular weight excluding hydrogens is 406 g/mol. The monoisotopic (exact) mass is 433 g/mol. The number of fused-ring (bicyclic) bond motifs is 1. The second kappa shape index (κ2) is 8.87. The van der Waals surface area contributed by atoms with Gasteiger partial charge in [0, 0.05) is 44.6 Å². The van der Waals surface area contributed by atoms with Crippen LogP contribution >= 0.6 is 0 Å². The Morgan fingerprint density at radius 3 is 2.72 bits per heavy atom. The number of hydrogen-bond donors (Lipinski definition) is 0. The summed E-state index contributed by atoms with van der Waals surface area (Å²) in [4.78, 5) is 23.6. The zero-order valence-corrected chi connectivity index (χ0v) is 18.8. The summed E-state index contributed by atoms with van der Waals surface area (Å²) in [6.45, 7) is 7.50. The molecule has 0 spiro atoms. The van der Waals surface area contributed by atoms with Crippen LogP contribution < -0.4 is 19.9 Å². The molecule has 32 heavy (non-hydrogen) atoms. The van der Waals surface area contributed by atoms with Crippen LogP contribution in [0.3, 0.4) is 0 Å². The maximum absolute atomic E-state index is 12.5. The van der Waals surface area contributed by atoms with Crippen LogP contribution in [0.5, 0.6) is 11.6 Å². The van der Waals surface area contributed by atoms with E-state index in [0.29, 0.717) is 35.7 Å². The van der Waals surface area contributed by atoms with Gasteiger partial charge in [-0.05, 0) is 32.0 Å². The van der Waals surface area contributed by atoms with Gasteiger partial charge >= 0.3 is 0 Å². The van der Waals surface area contributed by atoms with E-state index >= 15 is 0 Å². The van der Waals surface area contributed by atoms with E-state index in [9.17, 15) is 10.1 Å². The lowest BCUT2D eigenvalue weighted by Gasteiger charge is -2.38. The van der Waals surface area contributed by atoms with Crippen LogP contribution in [0, 0.1) is 17.2 Å². The summed E-state index contributed by atoms with van der Waals surface area (Å²) >= 11 is 0. The third kappa shape index (κ3) is 4.37. The van der Waals surface area contributed by atoms with Crippen LogP contribution in [0.15, 0.2) is 41.3 Å². The van der Waals surface area contributed by atoms with Crippen LogP contribution in [0.25, 0.3) is 11.0 Å². The predicted octanol–water partition coefficient (Wildman–Crippen LogP) is 3.28. The number of rotatable bonds is 5. The average molecular weight is 434 g/mol. The molecule has 0 saturated carbocycles. The molecule has 3 aromatic rings. The lowest BCUT2D eigenvalue weighted by atomic mass is 9.96. The fraction of sp³-hybridized carbons (Fsp3) is 0.417. The van der Waals surface area contributed by atoms with Crippen LogP contribution in [0.4, 0.5) is 5.69 Å². The zero-order valence-electron chi connectivity index (χ0n) is 18.8. The Labute approximate surface area is 187 Å². The lowest BCUT2D eigenvalue weighted by Crippen LogP contribution is -2.45. The van der Waals surface area contributed by atoms with Gasteiger partial charge in [0.1, 0.15) is 29.1 Å². The van der Waals surface area contributed by atoms with E-state index in [1.807, 2.05) is 26.0 Å². The molecule has 0 aromatic carbocycles. The van der Waals surface area contributed by atoms with Crippen molar-refractivity contribution in [3.63, 3.8) is 0 Å². The summed E-state index contributed by atoms with van der Waals surface area (Å²) in [5.41, 5.74) is 2.38. The molecule has 3 aromatic heterocycles. The SMILES string of the molecule is CC(C)Oc1ccc(O[C@@H]2CCN(c3cc(=O)n(C)c4ccc(C#N)nc34)C[C@@H]2C)nc1. The summed E-state index contributed by atoms with van der Waals surface area (Å²) in [7, 11) is 1.72. The lowest BCUT2D eigenvalue weighted by molar-refractivity contribution is 0.116. The number of hydrogen-bond acceptors (Lipinski definition) is 7. The maximum atomic E-state index is 12.5. The van der Waals surface area contributed by atoms with E-state index in [-0.39, 0.29) is 23.7 Å². The van der Waals surface area contributed by atoms with Crippen LogP contribution in [0.1, 0.15) is 32.9 Å².